The molecular formula is C14H15ClN2. The third-order valence-electron chi connectivity index (χ3n) is 2.51. The summed E-state index contributed by atoms with van der Waals surface area (Å²) in [5, 5.41) is 3.79. The maximum absolute atomic E-state index is 5.83. The van der Waals surface area contributed by atoms with Crippen molar-refractivity contribution >= 4 is 23.0 Å². The first kappa shape index (κ1) is 11.9. The third-order valence-corrected chi connectivity index (χ3v) is 2.71. The predicted octanol–water partition coefficient (Wildman–Crippen LogP) is 4.43. The van der Waals surface area contributed by atoms with E-state index in [0.717, 1.165) is 17.8 Å². The fourth-order valence-corrected chi connectivity index (χ4v) is 1.86. The van der Waals surface area contributed by atoms with Crippen LogP contribution in [0.2, 0.25) is 5.15 Å². The minimum atomic E-state index is 0.498. The molecule has 2 nitrogen and oxygen atoms in total. The molecule has 0 atom stereocenters. The van der Waals surface area contributed by atoms with Gasteiger partial charge in [0.2, 0.25) is 0 Å². The molecule has 2 rings (SSSR count). The van der Waals surface area contributed by atoms with Crippen LogP contribution in [-0.2, 0) is 6.42 Å². The molecule has 0 bridgehead atoms. The summed E-state index contributed by atoms with van der Waals surface area (Å²) in [6.07, 6.45) is 3.99. The standard InChI is InChI=1S/C14H15ClN2/c1-2-3-11-4-6-12(7-5-11)17-13-8-9-16-14(15)10-13/h4-10H,2-3H2,1H3,(H,16,17). The highest BCUT2D eigenvalue weighted by Crippen LogP contribution is 2.19. The SMILES string of the molecule is CCCc1ccc(Nc2ccnc(Cl)c2)cc1. The van der Waals surface area contributed by atoms with Crippen LogP contribution in [0.4, 0.5) is 11.4 Å². The van der Waals surface area contributed by atoms with E-state index in [-0.39, 0.29) is 0 Å². The second-order valence-electron chi connectivity index (χ2n) is 3.94. The fraction of sp³-hybridized carbons (Fsp3) is 0.214. The largest absolute Gasteiger partial charge is 0.355 e. The van der Waals surface area contributed by atoms with Gasteiger partial charge in [0.15, 0.2) is 0 Å². The number of nitrogens with one attached hydrogen (secondary N) is 1. The van der Waals surface area contributed by atoms with Gasteiger partial charge in [-0.2, -0.15) is 0 Å². The molecule has 2 aromatic rings. The Morgan fingerprint density at radius 3 is 2.53 bits per heavy atom. The maximum Gasteiger partial charge on any atom is 0.131 e. The lowest BCUT2D eigenvalue weighted by molar-refractivity contribution is 0.922. The van der Waals surface area contributed by atoms with Crippen molar-refractivity contribution in [3.05, 3.63) is 53.3 Å². The van der Waals surface area contributed by atoms with Crippen molar-refractivity contribution in [2.45, 2.75) is 19.8 Å². The summed E-state index contributed by atoms with van der Waals surface area (Å²) in [6.45, 7) is 2.19. The third kappa shape index (κ3) is 3.46. The quantitative estimate of drug-likeness (QED) is 0.808. The normalized spacial score (nSPS) is 10.2. The Bertz CT molecular complexity index is 480. The van der Waals surface area contributed by atoms with E-state index in [2.05, 4.69) is 41.5 Å². The van der Waals surface area contributed by atoms with Gasteiger partial charge < -0.3 is 5.32 Å². The van der Waals surface area contributed by atoms with Gasteiger partial charge in [0.1, 0.15) is 5.15 Å². The Balaban J connectivity index is 2.08. The van der Waals surface area contributed by atoms with Gasteiger partial charge in [0.25, 0.3) is 0 Å². The summed E-state index contributed by atoms with van der Waals surface area (Å²) >= 11 is 5.83. The molecule has 3 heteroatoms. The minimum Gasteiger partial charge on any atom is -0.355 e. The first-order chi connectivity index (χ1) is 8.28. The molecule has 1 heterocycles. The zero-order valence-corrected chi connectivity index (χ0v) is 10.5. The second kappa shape index (κ2) is 5.69. The van der Waals surface area contributed by atoms with Gasteiger partial charge >= 0.3 is 0 Å². The van der Waals surface area contributed by atoms with Gasteiger partial charge in [-0.15, -0.1) is 0 Å². The molecule has 0 aliphatic heterocycles. The minimum absolute atomic E-state index is 0.498. The van der Waals surface area contributed by atoms with Crippen molar-refractivity contribution in [2.75, 3.05) is 5.32 Å². The molecule has 1 aromatic heterocycles. The number of hydrogen-bond donors (Lipinski definition) is 1. The van der Waals surface area contributed by atoms with Crippen LogP contribution in [0, 0.1) is 0 Å². The van der Waals surface area contributed by atoms with Crippen LogP contribution in [0.1, 0.15) is 18.9 Å². The molecular weight excluding hydrogens is 232 g/mol. The summed E-state index contributed by atoms with van der Waals surface area (Å²) in [7, 11) is 0. The number of nitrogens with zero attached hydrogens (tertiary/aromatic N) is 1. The molecule has 1 N–H and O–H groups in total. The summed E-state index contributed by atoms with van der Waals surface area (Å²) in [5.74, 6) is 0. The number of pyridine rings is 1. The Kier molecular flexibility index (Phi) is 3.99. The van der Waals surface area contributed by atoms with Crippen molar-refractivity contribution in [3.63, 3.8) is 0 Å². The van der Waals surface area contributed by atoms with Crippen molar-refractivity contribution in [1.29, 1.82) is 0 Å². The van der Waals surface area contributed by atoms with Gasteiger partial charge in [-0.25, -0.2) is 4.98 Å². The molecule has 1 aromatic carbocycles. The average Bonchev–Trinajstić information content (AvgIpc) is 2.32. The van der Waals surface area contributed by atoms with E-state index in [4.69, 9.17) is 11.6 Å². The summed E-state index contributed by atoms with van der Waals surface area (Å²) in [5.41, 5.74) is 3.38. The summed E-state index contributed by atoms with van der Waals surface area (Å²) in [4.78, 5) is 3.95. The van der Waals surface area contributed by atoms with E-state index in [1.54, 1.807) is 6.20 Å². The highest BCUT2D eigenvalue weighted by molar-refractivity contribution is 6.29. The van der Waals surface area contributed by atoms with Gasteiger partial charge in [0, 0.05) is 17.6 Å². The number of aromatic nitrogens is 1. The molecule has 0 spiro atoms. The molecule has 0 saturated heterocycles. The Morgan fingerprint density at radius 1 is 1.12 bits per heavy atom. The van der Waals surface area contributed by atoms with Crippen LogP contribution < -0.4 is 5.32 Å². The highest BCUT2D eigenvalue weighted by atomic mass is 35.5. The molecule has 88 valence electrons. The van der Waals surface area contributed by atoms with Gasteiger partial charge in [-0.3, -0.25) is 0 Å². The Hall–Kier alpha value is -1.54. The number of aryl methyl sites for hydroxylation is 1. The molecule has 0 unspecified atom stereocenters. The number of anilines is 2. The van der Waals surface area contributed by atoms with E-state index in [1.807, 2.05) is 12.1 Å². The number of halogens is 1. The molecule has 0 aliphatic rings. The van der Waals surface area contributed by atoms with E-state index in [0.29, 0.717) is 5.15 Å². The molecule has 0 saturated carbocycles. The van der Waals surface area contributed by atoms with E-state index in [9.17, 15) is 0 Å². The molecule has 0 amide bonds. The topological polar surface area (TPSA) is 24.9 Å². The van der Waals surface area contributed by atoms with Gasteiger partial charge in [-0.1, -0.05) is 37.1 Å². The van der Waals surface area contributed by atoms with Crippen LogP contribution in [-0.4, -0.2) is 4.98 Å². The van der Waals surface area contributed by atoms with Gasteiger partial charge in [-0.05, 0) is 36.2 Å². The first-order valence-corrected chi connectivity index (χ1v) is 6.13. The molecule has 17 heavy (non-hydrogen) atoms. The Labute approximate surface area is 107 Å². The zero-order chi connectivity index (χ0) is 12.1. The van der Waals surface area contributed by atoms with E-state index in [1.165, 1.54) is 12.0 Å². The van der Waals surface area contributed by atoms with Crippen LogP contribution in [0.3, 0.4) is 0 Å². The zero-order valence-electron chi connectivity index (χ0n) is 9.78. The second-order valence-corrected chi connectivity index (χ2v) is 4.33. The number of hydrogen-bond acceptors (Lipinski definition) is 2. The first-order valence-electron chi connectivity index (χ1n) is 5.75. The molecule has 0 aliphatic carbocycles. The lowest BCUT2D eigenvalue weighted by atomic mass is 10.1. The van der Waals surface area contributed by atoms with Crippen molar-refractivity contribution in [3.8, 4) is 0 Å². The van der Waals surface area contributed by atoms with Crippen LogP contribution >= 0.6 is 11.6 Å². The molecule has 0 radical (unpaired) electrons. The fourth-order valence-electron chi connectivity index (χ4n) is 1.69. The molecule has 0 fully saturated rings. The lowest BCUT2D eigenvalue weighted by Crippen LogP contribution is -1.91. The monoisotopic (exact) mass is 246 g/mol. The summed E-state index contributed by atoms with van der Waals surface area (Å²) in [6, 6.07) is 12.2. The number of benzene rings is 1. The van der Waals surface area contributed by atoms with Crippen LogP contribution in [0.15, 0.2) is 42.6 Å². The van der Waals surface area contributed by atoms with E-state index < -0.39 is 0 Å². The maximum atomic E-state index is 5.83. The van der Waals surface area contributed by atoms with Crippen molar-refractivity contribution in [1.82, 2.24) is 4.98 Å². The highest BCUT2D eigenvalue weighted by Gasteiger charge is 1.97. The smallest absolute Gasteiger partial charge is 0.131 e. The predicted molar refractivity (Wildman–Crippen MR) is 73.0 cm³/mol. The van der Waals surface area contributed by atoms with Crippen LogP contribution in [0.25, 0.3) is 0 Å². The van der Waals surface area contributed by atoms with E-state index >= 15 is 0 Å². The number of rotatable bonds is 4. The van der Waals surface area contributed by atoms with Crippen LogP contribution in [0.5, 0.6) is 0 Å². The van der Waals surface area contributed by atoms with Crippen molar-refractivity contribution in [2.24, 2.45) is 0 Å². The Morgan fingerprint density at radius 2 is 1.88 bits per heavy atom. The average molecular weight is 247 g/mol. The lowest BCUT2D eigenvalue weighted by Gasteiger charge is -2.07. The van der Waals surface area contributed by atoms with Gasteiger partial charge in [0.05, 0.1) is 0 Å². The van der Waals surface area contributed by atoms with Crippen molar-refractivity contribution < 1.29 is 0 Å². The summed E-state index contributed by atoms with van der Waals surface area (Å²) < 4.78 is 0.